The van der Waals surface area contributed by atoms with Crippen molar-refractivity contribution in [3.63, 3.8) is 0 Å². The van der Waals surface area contributed by atoms with Gasteiger partial charge in [0, 0.05) is 13.1 Å². The van der Waals surface area contributed by atoms with E-state index in [1.54, 1.807) is 0 Å². The molecule has 70 valence electrons. The van der Waals surface area contributed by atoms with E-state index in [-0.39, 0.29) is 0 Å². The van der Waals surface area contributed by atoms with Gasteiger partial charge in [-0.3, -0.25) is 5.84 Å². The molecule has 0 bridgehead atoms. The Balaban J connectivity index is 2.43. The summed E-state index contributed by atoms with van der Waals surface area (Å²) in [5.74, 6) is 5.80. The molecule has 0 saturated heterocycles. The highest BCUT2D eigenvalue weighted by atomic mass is 15.4. The molecule has 0 saturated carbocycles. The number of hydrogen-bond donors (Lipinski definition) is 1. The minimum atomic E-state index is 0.426. The van der Waals surface area contributed by atoms with E-state index in [1.165, 1.54) is 23.1 Å². The minimum absolute atomic E-state index is 0.426. The smallest absolute Gasteiger partial charge is 0.0493 e. The Morgan fingerprint density at radius 3 is 2.92 bits per heavy atom. The fourth-order valence-corrected chi connectivity index (χ4v) is 2.24. The SMILES string of the molecule is Cc1cccc2c1CCC2N(C)N. The largest absolute Gasteiger partial charge is 0.268 e. The Morgan fingerprint density at radius 1 is 1.46 bits per heavy atom. The van der Waals surface area contributed by atoms with Crippen LogP contribution < -0.4 is 5.84 Å². The number of hydrogen-bond acceptors (Lipinski definition) is 2. The van der Waals surface area contributed by atoms with Gasteiger partial charge in [0.2, 0.25) is 0 Å². The van der Waals surface area contributed by atoms with Crippen LogP contribution in [-0.4, -0.2) is 12.1 Å². The Hall–Kier alpha value is -0.860. The average molecular weight is 176 g/mol. The van der Waals surface area contributed by atoms with Gasteiger partial charge in [-0.1, -0.05) is 18.2 Å². The third kappa shape index (κ3) is 1.36. The molecule has 0 fully saturated rings. The summed E-state index contributed by atoms with van der Waals surface area (Å²) >= 11 is 0. The van der Waals surface area contributed by atoms with Crippen LogP contribution in [0.3, 0.4) is 0 Å². The first-order chi connectivity index (χ1) is 6.20. The first-order valence-corrected chi connectivity index (χ1v) is 4.76. The molecule has 1 aromatic rings. The summed E-state index contributed by atoms with van der Waals surface area (Å²) in [6, 6.07) is 6.92. The molecule has 0 amide bonds. The molecule has 2 heteroatoms. The van der Waals surface area contributed by atoms with Crippen LogP contribution in [0.4, 0.5) is 0 Å². The van der Waals surface area contributed by atoms with Crippen molar-refractivity contribution in [1.29, 1.82) is 0 Å². The molecule has 1 aromatic carbocycles. The zero-order valence-corrected chi connectivity index (χ0v) is 8.25. The molecule has 2 N–H and O–H groups in total. The highest BCUT2D eigenvalue weighted by Gasteiger charge is 2.24. The zero-order valence-electron chi connectivity index (χ0n) is 8.25. The van der Waals surface area contributed by atoms with Gasteiger partial charge in [0.25, 0.3) is 0 Å². The predicted octanol–water partition coefficient (Wildman–Crippen LogP) is 1.79. The number of nitrogens with two attached hydrogens (primary N) is 1. The standard InChI is InChI=1S/C11H16N2/c1-8-4-3-5-10-9(8)6-7-11(10)13(2)12/h3-5,11H,6-7,12H2,1-2H3. The van der Waals surface area contributed by atoms with E-state index in [1.807, 2.05) is 12.1 Å². The van der Waals surface area contributed by atoms with Crippen LogP contribution in [0.15, 0.2) is 18.2 Å². The van der Waals surface area contributed by atoms with Gasteiger partial charge in [-0.05, 0) is 36.5 Å². The summed E-state index contributed by atoms with van der Waals surface area (Å²) in [5, 5.41) is 1.82. The monoisotopic (exact) mass is 176 g/mol. The van der Waals surface area contributed by atoms with Gasteiger partial charge in [0.1, 0.15) is 0 Å². The van der Waals surface area contributed by atoms with Crippen LogP contribution in [0.25, 0.3) is 0 Å². The van der Waals surface area contributed by atoms with Crippen molar-refractivity contribution in [2.75, 3.05) is 7.05 Å². The maximum Gasteiger partial charge on any atom is 0.0493 e. The second kappa shape index (κ2) is 3.13. The lowest BCUT2D eigenvalue weighted by atomic mass is 10.0. The van der Waals surface area contributed by atoms with Gasteiger partial charge in [0.15, 0.2) is 0 Å². The van der Waals surface area contributed by atoms with E-state index in [4.69, 9.17) is 5.84 Å². The Morgan fingerprint density at radius 2 is 2.23 bits per heavy atom. The third-order valence-electron chi connectivity index (χ3n) is 2.96. The van der Waals surface area contributed by atoms with Crippen LogP contribution in [0.2, 0.25) is 0 Å². The van der Waals surface area contributed by atoms with Gasteiger partial charge < -0.3 is 0 Å². The van der Waals surface area contributed by atoms with Crippen LogP contribution in [-0.2, 0) is 6.42 Å². The molecular formula is C11H16N2. The Bertz CT molecular complexity index is 318. The number of benzene rings is 1. The minimum Gasteiger partial charge on any atom is -0.268 e. The van der Waals surface area contributed by atoms with Gasteiger partial charge in [-0.2, -0.15) is 0 Å². The van der Waals surface area contributed by atoms with Crippen molar-refractivity contribution in [3.05, 3.63) is 34.9 Å². The number of aryl methyl sites for hydroxylation is 1. The summed E-state index contributed by atoms with van der Waals surface area (Å²) in [6.45, 7) is 2.18. The van der Waals surface area contributed by atoms with Crippen LogP contribution >= 0.6 is 0 Å². The second-order valence-electron chi connectivity index (χ2n) is 3.86. The quantitative estimate of drug-likeness (QED) is 0.522. The highest BCUT2D eigenvalue weighted by molar-refractivity contribution is 5.40. The summed E-state index contributed by atoms with van der Waals surface area (Å²) in [6.07, 6.45) is 2.33. The highest BCUT2D eigenvalue weighted by Crippen LogP contribution is 2.35. The molecule has 0 heterocycles. The maximum atomic E-state index is 5.80. The number of hydrazine groups is 1. The number of fused-ring (bicyclic) bond motifs is 1. The van der Waals surface area contributed by atoms with Crippen molar-refractivity contribution in [3.8, 4) is 0 Å². The maximum absolute atomic E-state index is 5.80. The van der Waals surface area contributed by atoms with Crippen molar-refractivity contribution >= 4 is 0 Å². The normalized spacial score (nSPS) is 20.8. The van der Waals surface area contributed by atoms with Crippen LogP contribution in [0.5, 0.6) is 0 Å². The molecule has 0 aromatic heterocycles. The first kappa shape index (κ1) is 8.73. The number of nitrogens with zero attached hydrogens (tertiary/aromatic N) is 1. The molecule has 0 spiro atoms. The molecule has 0 aliphatic heterocycles. The van der Waals surface area contributed by atoms with Crippen molar-refractivity contribution < 1.29 is 0 Å². The summed E-state index contributed by atoms with van der Waals surface area (Å²) < 4.78 is 0. The van der Waals surface area contributed by atoms with Gasteiger partial charge in [0.05, 0.1) is 0 Å². The summed E-state index contributed by atoms with van der Waals surface area (Å²) in [5.41, 5.74) is 4.33. The topological polar surface area (TPSA) is 29.3 Å². The fraction of sp³-hybridized carbons (Fsp3) is 0.455. The Labute approximate surface area is 79.3 Å². The zero-order chi connectivity index (χ0) is 9.42. The van der Waals surface area contributed by atoms with Crippen LogP contribution in [0, 0.1) is 6.92 Å². The van der Waals surface area contributed by atoms with Gasteiger partial charge in [-0.15, -0.1) is 0 Å². The van der Waals surface area contributed by atoms with Crippen molar-refractivity contribution in [1.82, 2.24) is 5.01 Å². The van der Waals surface area contributed by atoms with E-state index in [9.17, 15) is 0 Å². The lowest BCUT2D eigenvalue weighted by Crippen LogP contribution is -2.29. The second-order valence-corrected chi connectivity index (χ2v) is 3.86. The van der Waals surface area contributed by atoms with Crippen molar-refractivity contribution in [2.45, 2.75) is 25.8 Å². The molecule has 1 unspecified atom stereocenters. The molecule has 1 atom stereocenters. The molecule has 2 nitrogen and oxygen atoms in total. The first-order valence-electron chi connectivity index (χ1n) is 4.76. The lowest BCUT2D eigenvalue weighted by Gasteiger charge is -2.19. The Kier molecular flexibility index (Phi) is 2.10. The third-order valence-corrected chi connectivity index (χ3v) is 2.96. The molecule has 1 aliphatic carbocycles. The van der Waals surface area contributed by atoms with Gasteiger partial charge >= 0.3 is 0 Å². The number of rotatable bonds is 1. The van der Waals surface area contributed by atoms with Crippen molar-refractivity contribution in [2.24, 2.45) is 5.84 Å². The predicted molar refractivity (Wildman–Crippen MR) is 54.2 cm³/mol. The average Bonchev–Trinajstić information content (AvgIpc) is 2.48. The van der Waals surface area contributed by atoms with E-state index < -0.39 is 0 Å². The lowest BCUT2D eigenvalue weighted by molar-refractivity contribution is 0.252. The van der Waals surface area contributed by atoms with E-state index >= 15 is 0 Å². The molecule has 0 radical (unpaired) electrons. The molecule has 13 heavy (non-hydrogen) atoms. The molecule has 2 rings (SSSR count). The van der Waals surface area contributed by atoms with Crippen LogP contribution in [0.1, 0.15) is 29.2 Å². The van der Waals surface area contributed by atoms with Gasteiger partial charge in [-0.25, -0.2) is 5.01 Å². The van der Waals surface area contributed by atoms with E-state index in [2.05, 4.69) is 25.1 Å². The van der Waals surface area contributed by atoms with E-state index in [0.717, 1.165) is 6.42 Å². The molecule has 1 aliphatic rings. The summed E-state index contributed by atoms with van der Waals surface area (Å²) in [4.78, 5) is 0. The van der Waals surface area contributed by atoms with E-state index in [0.29, 0.717) is 6.04 Å². The summed E-state index contributed by atoms with van der Waals surface area (Å²) in [7, 11) is 1.95. The fourth-order valence-electron chi connectivity index (χ4n) is 2.24. The molecular weight excluding hydrogens is 160 g/mol.